The minimum absolute atomic E-state index is 0.468. The molecule has 5 heteroatoms. The van der Waals surface area contributed by atoms with E-state index in [1.54, 1.807) is 18.7 Å². The fourth-order valence-corrected chi connectivity index (χ4v) is 2.33. The third kappa shape index (κ3) is 3.63. The second kappa shape index (κ2) is 6.87. The minimum atomic E-state index is 0.468. The third-order valence-corrected chi connectivity index (χ3v) is 3.70. The summed E-state index contributed by atoms with van der Waals surface area (Å²) in [7, 11) is 0. The molecule has 0 aliphatic heterocycles. The van der Waals surface area contributed by atoms with Gasteiger partial charge in [-0.1, -0.05) is 36.4 Å². The average molecular weight is 307 g/mol. The van der Waals surface area contributed by atoms with Gasteiger partial charge in [0, 0.05) is 17.7 Å². The molecule has 0 atom stereocenters. The van der Waals surface area contributed by atoms with Gasteiger partial charge in [-0.25, -0.2) is 0 Å². The maximum atomic E-state index is 11.0. The highest BCUT2D eigenvalue weighted by Gasteiger charge is 2.04. The van der Waals surface area contributed by atoms with E-state index < -0.39 is 0 Å². The monoisotopic (exact) mass is 307 g/mol. The lowest BCUT2D eigenvalue weighted by Crippen LogP contribution is -2.00. The molecule has 2 aromatic carbocycles. The molecule has 1 heterocycles. The van der Waals surface area contributed by atoms with Crippen molar-refractivity contribution in [1.29, 1.82) is 0 Å². The number of aromatic nitrogens is 3. The van der Waals surface area contributed by atoms with E-state index in [1.165, 1.54) is 5.56 Å². The van der Waals surface area contributed by atoms with Crippen LogP contribution in [0.15, 0.2) is 55.1 Å². The number of rotatable bonds is 6. The van der Waals surface area contributed by atoms with E-state index in [1.807, 2.05) is 35.8 Å². The van der Waals surface area contributed by atoms with Crippen LogP contribution in [0.1, 0.15) is 27.0 Å². The summed E-state index contributed by atoms with van der Waals surface area (Å²) in [6.07, 6.45) is 4.24. The number of carbonyl (C=O) groups excluding carboxylic acids is 1. The number of benzene rings is 2. The van der Waals surface area contributed by atoms with Gasteiger partial charge in [0.2, 0.25) is 0 Å². The molecule has 1 aromatic heterocycles. The van der Waals surface area contributed by atoms with Crippen LogP contribution in [0.25, 0.3) is 0 Å². The van der Waals surface area contributed by atoms with Crippen molar-refractivity contribution in [3.05, 3.63) is 77.4 Å². The Hall–Kier alpha value is -2.95. The van der Waals surface area contributed by atoms with Gasteiger partial charge in [0.15, 0.2) is 0 Å². The molecule has 116 valence electrons. The van der Waals surface area contributed by atoms with Gasteiger partial charge in [-0.3, -0.25) is 4.79 Å². The topological polar surface area (TPSA) is 57.0 Å². The summed E-state index contributed by atoms with van der Waals surface area (Å²) in [6, 6.07) is 13.7. The maximum absolute atomic E-state index is 11.0. The predicted molar refractivity (Wildman–Crippen MR) is 86.5 cm³/mol. The smallest absolute Gasteiger partial charge is 0.150 e. The number of hydrogen-bond acceptors (Lipinski definition) is 4. The molecular weight excluding hydrogens is 290 g/mol. The molecule has 0 N–H and O–H groups in total. The fraction of sp³-hybridized carbons (Fsp3) is 0.167. The van der Waals surface area contributed by atoms with Crippen LogP contribution >= 0.6 is 0 Å². The lowest BCUT2D eigenvalue weighted by molar-refractivity contribution is 0.112. The van der Waals surface area contributed by atoms with Crippen molar-refractivity contribution in [1.82, 2.24) is 14.8 Å². The average Bonchev–Trinajstić information content (AvgIpc) is 3.08. The van der Waals surface area contributed by atoms with Crippen LogP contribution in [-0.2, 0) is 13.2 Å². The van der Waals surface area contributed by atoms with Gasteiger partial charge in [-0.05, 0) is 24.1 Å². The van der Waals surface area contributed by atoms with Crippen LogP contribution in [0.3, 0.4) is 0 Å². The zero-order chi connectivity index (χ0) is 16.1. The van der Waals surface area contributed by atoms with E-state index in [0.717, 1.165) is 29.7 Å². The van der Waals surface area contributed by atoms with E-state index in [9.17, 15) is 4.79 Å². The Morgan fingerprint density at radius 1 is 1.04 bits per heavy atom. The summed E-state index contributed by atoms with van der Waals surface area (Å²) >= 11 is 0. The van der Waals surface area contributed by atoms with Crippen molar-refractivity contribution in [2.24, 2.45) is 0 Å². The molecule has 0 radical (unpaired) electrons. The van der Waals surface area contributed by atoms with Crippen molar-refractivity contribution in [3.8, 4) is 5.75 Å². The highest BCUT2D eigenvalue weighted by atomic mass is 16.5. The Labute approximate surface area is 134 Å². The standard InChI is InChI=1S/C18H17N3O2/c1-14-17(10-22)3-2-4-18(14)23-11-16-7-5-15(6-8-16)9-21-12-19-20-13-21/h2-8,10,12-13H,9,11H2,1H3. The van der Waals surface area contributed by atoms with Crippen molar-refractivity contribution in [3.63, 3.8) is 0 Å². The minimum Gasteiger partial charge on any atom is -0.489 e. The summed E-state index contributed by atoms with van der Waals surface area (Å²) in [4.78, 5) is 11.0. The van der Waals surface area contributed by atoms with Gasteiger partial charge >= 0.3 is 0 Å². The molecule has 0 unspecified atom stereocenters. The number of hydrogen-bond donors (Lipinski definition) is 0. The van der Waals surface area contributed by atoms with E-state index in [4.69, 9.17) is 4.74 Å². The van der Waals surface area contributed by atoms with Gasteiger partial charge in [0.25, 0.3) is 0 Å². The molecule has 0 spiro atoms. The molecule has 5 nitrogen and oxygen atoms in total. The summed E-state index contributed by atoms with van der Waals surface area (Å²) in [5.41, 5.74) is 3.78. The summed E-state index contributed by atoms with van der Waals surface area (Å²) < 4.78 is 7.74. The van der Waals surface area contributed by atoms with Gasteiger partial charge in [-0.2, -0.15) is 0 Å². The Bertz CT molecular complexity index is 781. The molecule has 0 fully saturated rings. The quantitative estimate of drug-likeness (QED) is 0.657. The Morgan fingerprint density at radius 2 is 1.74 bits per heavy atom. The van der Waals surface area contributed by atoms with Crippen LogP contribution < -0.4 is 4.74 Å². The maximum Gasteiger partial charge on any atom is 0.150 e. The first-order valence-corrected chi connectivity index (χ1v) is 7.34. The van der Waals surface area contributed by atoms with Gasteiger partial charge in [-0.15, -0.1) is 10.2 Å². The van der Waals surface area contributed by atoms with E-state index >= 15 is 0 Å². The van der Waals surface area contributed by atoms with Crippen molar-refractivity contribution >= 4 is 6.29 Å². The second-order valence-electron chi connectivity index (χ2n) is 5.33. The van der Waals surface area contributed by atoms with Gasteiger partial charge in [0.05, 0.1) is 0 Å². The first kappa shape index (κ1) is 15.0. The summed E-state index contributed by atoms with van der Waals surface area (Å²) in [6.45, 7) is 3.10. The molecule has 3 aromatic rings. The highest BCUT2D eigenvalue weighted by Crippen LogP contribution is 2.21. The lowest BCUT2D eigenvalue weighted by Gasteiger charge is -2.11. The first-order valence-electron chi connectivity index (χ1n) is 7.34. The molecule has 23 heavy (non-hydrogen) atoms. The number of aldehydes is 1. The van der Waals surface area contributed by atoms with Crippen LogP contribution in [0, 0.1) is 6.92 Å². The highest BCUT2D eigenvalue weighted by molar-refractivity contribution is 5.78. The largest absolute Gasteiger partial charge is 0.489 e. The second-order valence-corrected chi connectivity index (χ2v) is 5.33. The van der Waals surface area contributed by atoms with E-state index in [2.05, 4.69) is 22.3 Å². The SMILES string of the molecule is Cc1c(C=O)cccc1OCc1ccc(Cn2cnnc2)cc1. The Balaban J connectivity index is 1.64. The zero-order valence-corrected chi connectivity index (χ0v) is 12.8. The molecule has 0 saturated heterocycles. The van der Waals surface area contributed by atoms with Crippen LogP contribution in [0.4, 0.5) is 0 Å². The van der Waals surface area contributed by atoms with Gasteiger partial charge < -0.3 is 9.30 Å². The number of nitrogens with zero attached hydrogens (tertiary/aromatic N) is 3. The van der Waals surface area contributed by atoms with E-state index in [0.29, 0.717) is 12.2 Å². The molecule has 0 amide bonds. The van der Waals surface area contributed by atoms with E-state index in [-0.39, 0.29) is 0 Å². The van der Waals surface area contributed by atoms with Crippen LogP contribution in [-0.4, -0.2) is 21.1 Å². The zero-order valence-electron chi connectivity index (χ0n) is 12.8. The van der Waals surface area contributed by atoms with Crippen molar-refractivity contribution < 1.29 is 9.53 Å². The molecule has 0 saturated carbocycles. The van der Waals surface area contributed by atoms with Crippen LogP contribution in [0.2, 0.25) is 0 Å². The Morgan fingerprint density at radius 3 is 2.43 bits per heavy atom. The van der Waals surface area contributed by atoms with Crippen LogP contribution in [0.5, 0.6) is 5.75 Å². The van der Waals surface area contributed by atoms with Gasteiger partial charge in [0.1, 0.15) is 31.3 Å². The lowest BCUT2D eigenvalue weighted by atomic mass is 10.1. The summed E-state index contributed by atoms with van der Waals surface area (Å²) in [5.74, 6) is 0.739. The summed E-state index contributed by atoms with van der Waals surface area (Å²) in [5, 5.41) is 7.58. The van der Waals surface area contributed by atoms with Crippen molar-refractivity contribution in [2.75, 3.05) is 0 Å². The molecule has 0 bridgehead atoms. The van der Waals surface area contributed by atoms with Crippen molar-refractivity contribution in [2.45, 2.75) is 20.1 Å². The third-order valence-electron chi connectivity index (χ3n) is 3.70. The molecule has 0 aliphatic rings. The fourth-order valence-electron chi connectivity index (χ4n) is 2.33. The molecule has 3 rings (SSSR count). The normalized spacial score (nSPS) is 10.5. The predicted octanol–water partition coefficient (Wildman–Crippen LogP) is 3.03. The molecular formula is C18H17N3O2. The Kier molecular flexibility index (Phi) is 4.47. The molecule has 0 aliphatic carbocycles. The number of ether oxygens (including phenoxy) is 1. The number of carbonyl (C=O) groups is 1. The first-order chi connectivity index (χ1) is 11.3.